The van der Waals surface area contributed by atoms with E-state index in [0.717, 1.165) is 28.8 Å². The molecule has 1 aliphatic rings. The first-order valence-corrected chi connectivity index (χ1v) is 12.8. The summed E-state index contributed by atoms with van der Waals surface area (Å²) in [6.45, 7) is 4.39. The van der Waals surface area contributed by atoms with Gasteiger partial charge in [-0.2, -0.15) is 0 Å². The number of Topliss-reactive ketones (excluding diaryl/α,β-unsaturated/α-hetero) is 2. The molecule has 0 saturated heterocycles. The summed E-state index contributed by atoms with van der Waals surface area (Å²) in [7, 11) is 0. The predicted molar refractivity (Wildman–Crippen MR) is 133 cm³/mol. The number of alkyl carbamates (subject to hydrolysis) is 1. The number of carbonyl (C=O) groups is 4. The van der Waals surface area contributed by atoms with Crippen LogP contribution in [0.4, 0.5) is 4.79 Å². The summed E-state index contributed by atoms with van der Waals surface area (Å²) >= 11 is 1.40. The minimum atomic E-state index is -0.800. The molecule has 35 heavy (non-hydrogen) atoms. The van der Waals surface area contributed by atoms with Gasteiger partial charge in [0.25, 0.3) is 5.91 Å². The van der Waals surface area contributed by atoms with Crippen molar-refractivity contribution >= 4 is 35.1 Å². The molecule has 0 radical (unpaired) electrons. The third-order valence-corrected chi connectivity index (χ3v) is 6.90. The Morgan fingerprint density at radius 3 is 2.71 bits per heavy atom. The number of aryl methyl sites for hydroxylation is 2. The van der Waals surface area contributed by atoms with Crippen molar-refractivity contribution in [1.82, 2.24) is 15.0 Å². The number of amides is 2. The molecule has 2 atom stereocenters. The van der Waals surface area contributed by atoms with Crippen LogP contribution in [-0.2, 0) is 38.6 Å². The Morgan fingerprint density at radius 2 is 1.97 bits per heavy atom. The van der Waals surface area contributed by atoms with E-state index in [0.29, 0.717) is 25.8 Å². The maximum Gasteiger partial charge on any atom is 0.408 e. The van der Waals surface area contributed by atoms with Crippen LogP contribution < -0.4 is 10.6 Å². The first-order valence-electron chi connectivity index (χ1n) is 12.1. The van der Waals surface area contributed by atoms with Crippen LogP contribution >= 0.6 is 11.5 Å². The highest BCUT2D eigenvalue weighted by atomic mass is 32.1. The molecular weight excluding hydrogens is 466 g/mol. The molecule has 8 nitrogen and oxygen atoms in total. The van der Waals surface area contributed by atoms with Crippen molar-refractivity contribution in [2.75, 3.05) is 6.54 Å². The van der Waals surface area contributed by atoms with Gasteiger partial charge >= 0.3 is 6.09 Å². The van der Waals surface area contributed by atoms with Crippen molar-refractivity contribution in [3.8, 4) is 0 Å². The molecule has 2 aromatic rings. The predicted octanol–water partition coefficient (Wildman–Crippen LogP) is 3.62. The summed E-state index contributed by atoms with van der Waals surface area (Å²) < 4.78 is 9.56. The average molecular weight is 500 g/mol. The Hall–Kier alpha value is -3.07. The van der Waals surface area contributed by atoms with Crippen LogP contribution in [0.15, 0.2) is 36.5 Å². The SMILES string of the molecule is CC(C)CC(NC(=O)OCc1ccccc1)C(=O)CC1CCc2sncc2CCCNC(=O)C1=O. The lowest BCUT2D eigenvalue weighted by atomic mass is 9.87. The fourth-order valence-corrected chi connectivity index (χ4v) is 4.90. The maximum absolute atomic E-state index is 13.3. The average Bonchev–Trinajstić information content (AvgIpc) is 3.28. The van der Waals surface area contributed by atoms with Gasteiger partial charge in [-0.05, 0) is 60.7 Å². The van der Waals surface area contributed by atoms with Crippen LogP contribution in [0.5, 0.6) is 0 Å². The Kier molecular flexibility index (Phi) is 9.96. The van der Waals surface area contributed by atoms with Gasteiger partial charge in [-0.3, -0.25) is 14.4 Å². The molecule has 1 aliphatic heterocycles. The van der Waals surface area contributed by atoms with Crippen molar-refractivity contribution in [3.05, 3.63) is 52.5 Å². The summed E-state index contributed by atoms with van der Waals surface area (Å²) in [5.41, 5.74) is 1.97. The summed E-state index contributed by atoms with van der Waals surface area (Å²) in [6.07, 6.45) is 3.91. The molecule has 2 amide bonds. The number of nitrogens with one attached hydrogen (secondary N) is 2. The topological polar surface area (TPSA) is 114 Å². The second-order valence-electron chi connectivity index (χ2n) is 9.29. The van der Waals surface area contributed by atoms with Crippen LogP contribution in [0.25, 0.3) is 0 Å². The minimum Gasteiger partial charge on any atom is -0.445 e. The number of rotatable bonds is 8. The van der Waals surface area contributed by atoms with E-state index in [1.54, 1.807) is 0 Å². The quantitative estimate of drug-likeness (QED) is 0.536. The van der Waals surface area contributed by atoms with E-state index in [9.17, 15) is 19.2 Å². The van der Waals surface area contributed by atoms with Crippen molar-refractivity contribution in [2.45, 2.75) is 65.0 Å². The van der Waals surface area contributed by atoms with Crippen molar-refractivity contribution in [2.24, 2.45) is 11.8 Å². The molecule has 2 unspecified atom stereocenters. The zero-order valence-electron chi connectivity index (χ0n) is 20.2. The fourth-order valence-electron chi connectivity index (χ4n) is 4.11. The van der Waals surface area contributed by atoms with E-state index in [-0.39, 0.29) is 24.7 Å². The highest BCUT2D eigenvalue weighted by Gasteiger charge is 2.32. The summed E-state index contributed by atoms with van der Waals surface area (Å²) in [6, 6.07) is 8.47. The Balaban J connectivity index is 1.67. The molecule has 2 N–H and O–H groups in total. The van der Waals surface area contributed by atoms with Crippen molar-refractivity contribution < 1.29 is 23.9 Å². The molecule has 9 heteroatoms. The smallest absolute Gasteiger partial charge is 0.408 e. The monoisotopic (exact) mass is 499 g/mol. The zero-order chi connectivity index (χ0) is 25.2. The van der Waals surface area contributed by atoms with Gasteiger partial charge in [-0.15, -0.1) is 0 Å². The number of carbonyl (C=O) groups excluding carboxylic acids is 4. The van der Waals surface area contributed by atoms with Crippen LogP contribution in [0.2, 0.25) is 0 Å². The minimum absolute atomic E-state index is 0.0910. The van der Waals surface area contributed by atoms with E-state index in [1.165, 1.54) is 11.5 Å². The molecule has 1 aromatic carbocycles. The van der Waals surface area contributed by atoms with Crippen molar-refractivity contribution in [1.29, 1.82) is 0 Å². The lowest BCUT2D eigenvalue weighted by Crippen LogP contribution is -2.44. The van der Waals surface area contributed by atoms with Gasteiger partial charge in [0.05, 0.1) is 6.04 Å². The number of fused-ring (bicyclic) bond motifs is 1. The zero-order valence-corrected chi connectivity index (χ0v) is 21.1. The van der Waals surface area contributed by atoms with Gasteiger partial charge in [-0.25, -0.2) is 9.17 Å². The molecule has 2 heterocycles. The Bertz CT molecular complexity index is 1020. The molecule has 3 rings (SSSR count). The molecule has 0 aliphatic carbocycles. The largest absolute Gasteiger partial charge is 0.445 e. The Labute approximate surface area is 210 Å². The van der Waals surface area contributed by atoms with Gasteiger partial charge in [-0.1, -0.05) is 44.2 Å². The number of benzene rings is 1. The van der Waals surface area contributed by atoms with Crippen LogP contribution in [0.3, 0.4) is 0 Å². The van der Waals surface area contributed by atoms with E-state index < -0.39 is 29.7 Å². The Morgan fingerprint density at radius 1 is 1.20 bits per heavy atom. The highest BCUT2D eigenvalue weighted by Crippen LogP contribution is 2.23. The lowest BCUT2D eigenvalue weighted by Gasteiger charge is -2.22. The van der Waals surface area contributed by atoms with E-state index >= 15 is 0 Å². The molecular formula is C26H33N3O5S. The number of hydrogen-bond donors (Lipinski definition) is 2. The summed E-state index contributed by atoms with van der Waals surface area (Å²) in [5.74, 6) is -2.14. The number of ether oxygens (including phenoxy) is 1. The molecule has 0 bridgehead atoms. The molecule has 1 aromatic heterocycles. The summed E-state index contributed by atoms with van der Waals surface area (Å²) in [5, 5.41) is 5.35. The maximum atomic E-state index is 13.3. The van der Waals surface area contributed by atoms with Gasteiger partial charge < -0.3 is 15.4 Å². The number of ketones is 2. The van der Waals surface area contributed by atoms with E-state index in [2.05, 4.69) is 15.0 Å². The number of aromatic nitrogens is 1. The summed E-state index contributed by atoms with van der Waals surface area (Å²) in [4.78, 5) is 52.1. The van der Waals surface area contributed by atoms with Gasteiger partial charge in [0.2, 0.25) is 5.78 Å². The fraction of sp³-hybridized carbons (Fsp3) is 0.500. The standard InChI is InChI=1S/C26H33N3O5S/c1-17(2)13-21(29-26(33)34-16-18-7-4-3-5-8-18)22(30)14-19-10-11-23-20(15-28-35-23)9-6-12-27-25(32)24(19)31/h3-5,7-8,15,17,19,21H,6,9-14,16H2,1-2H3,(H,27,32)(H,29,33). The molecule has 0 spiro atoms. The third-order valence-electron chi connectivity index (χ3n) is 6.00. The van der Waals surface area contributed by atoms with Gasteiger partial charge in [0, 0.05) is 30.0 Å². The third kappa shape index (κ3) is 8.28. The van der Waals surface area contributed by atoms with Crippen LogP contribution in [0.1, 0.15) is 55.5 Å². The van der Waals surface area contributed by atoms with E-state index in [1.807, 2.05) is 50.4 Å². The lowest BCUT2D eigenvalue weighted by molar-refractivity contribution is -0.141. The van der Waals surface area contributed by atoms with Crippen molar-refractivity contribution in [3.63, 3.8) is 0 Å². The number of hydrogen-bond acceptors (Lipinski definition) is 7. The second-order valence-corrected chi connectivity index (χ2v) is 10.2. The number of nitrogens with zero attached hydrogens (tertiary/aromatic N) is 1. The van der Waals surface area contributed by atoms with Gasteiger partial charge in [0.1, 0.15) is 6.61 Å². The highest BCUT2D eigenvalue weighted by molar-refractivity contribution is 7.05. The molecule has 0 fully saturated rings. The molecule has 0 saturated carbocycles. The van der Waals surface area contributed by atoms with Gasteiger partial charge in [0.15, 0.2) is 5.78 Å². The molecule has 188 valence electrons. The first-order chi connectivity index (χ1) is 16.8. The normalized spacial score (nSPS) is 17.6. The first kappa shape index (κ1) is 26.5. The van der Waals surface area contributed by atoms with E-state index in [4.69, 9.17) is 4.74 Å². The van der Waals surface area contributed by atoms with Crippen LogP contribution in [-0.4, -0.2) is 40.5 Å². The van der Waals surface area contributed by atoms with Crippen LogP contribution in [0, 0.1) is 11.8 Å². The second kappa shape index (κ2) is 13.1.